The molecule has 0 bridgehead atoms. The summed E-state index contributed by atoms with van der Waals surface area (Å²) in [6.07, 6.45) is 8.04. The van der Waals surface area contributed by atoms with Gasteiger partial charge in [-0.05, 0) is 58.5 Å². The molecule has 5 heteroatoms. The van der Waals surface area contributed by atoms with Gasteiger partial charge in [-0.15, -0.1) is 0 Å². The summed E-state index contributed by atoms with van der Waals surface area (Å²) in [5.41, 5.74) is 0. The SMILES string of the molecule is C[C@@H]1CN(CC2CCN(CC(=O)NC3CCCC3)CC2)C[C@H](C)O1. The molecule has 0 spiro atoms. The normalized spacial score (nSPS) is 31.4. The molecule has 0 unspecified atom stereocenters. The minimum absolute atomic E-state index is 0.233. The second kappa shape index (κ2) is 8.63. The standard InChI is InChI=1S/C19H35N3O2/c1-15-11-22(12-16(2)24-15)13-17-7-9-21(10-8-17)14-19(23)20-18-5-3-4-6-18/h15-18H,3-14H2,1-2H3,(H,20,23)/t15-,16+. The van der Waals surface area contributed by atoms with E-state index in [4.69, 9.17) is 4.74 Å². The van der Waals surface area contributed by atoms with Crippen molar-refractivity contribution < 1.29 is 9.53 Å². The average Bonchev–Trinajstić information content (AvgIpc) is 3.01. The van der Waals surface area contributed by atoms with E-state index in [9.17, 15) is 4.79 Å². The van der Waals surface area contributed by atoms with Crippen molar-refractivity contribution >= 4 is 5.91 Å². The third-order valence-electron chi connectivity index (χ3n) is 5.81. The van der Waals surface area contributed by atoms with Crippen LogP contribution in [0.15, 0.2) is 0 Å². The van der Waals surface area contributed by atoms with Crippen LogP contribution in [0.25, 0.3) is 0 Å². The lowest BCUT2D eigenvalue weighted by Gasteiger charge is -2.39. The summed E-state index contributed by atoms with van der Waals surface area (Å²) in [6.45, 7) is 10.4. The van der Waals surface area contributed by atoms with Gasteiger partial charge in [0, 0.05) is 25.7 Å². The van der Waals surface area contributed by atoms with Gasteiger partial charge in [0.15, 0.2) is 0 Å². The molecule has 0 aromatic heterocycles. The van der Waals surface area contributed by atoms with E-state index < -0.39 is 0 Å². The van der Waals surface area contributed by atoms with E-state index >= 15 is 0 Å². The molecule has 0 aromatic carbocycles. The molecule has 2 heterocycles. The first kappa shape index (κ1) is 18.2. The lowest BCUT2D eigenvalue weighted by atomic mass is 9.95. The summed E-state index contributed by atoms with van der Waals surface area (Å²) < 4.78 is 5.83. The maximum Gasteiger partial charge on any atom is 0.234 e. The Morgan fingerprint density at radius 2 is 1.62 bits per heavy atom. The van der Waals surface area contributed by atoms with Crippen LogP contribution in [0, 0.1) is 5.92 Å². The number of hydrogen-bond donors (Lipinski definition) is 1. The molecule has 3 fully saturated rings. The van der Waals surface area contributed by atoms with Gasteiger partial charge in [0.25, 0.3) is 0 Å². The lowest BCUT2D eigenvalue weighted by molar-refractivity contribution is -0.123. The first-order valence-electron chi connectivity index (χ1n) is 9.98. The highest BCUT2D eigenvalue weighted by atomic mass is 16.5. The van der Waals surface area contributed by atoms with Crippen LogP contribution in [-0.4, -0.2) is 73.2 Å². The average molecular weight is 338 g/mol. The molecule has 3 rings (SSSR count). The molecule has 0 aromatic rings. The zero-order valence-electron chi connectivity index (χ0n) is 15.5. The molecule has 2 atom stereocenters. The molecule has 24 heavy (non-hydrogen) atoms. The number of nitrogens with zero attached hydrogens (tertiary/aromatic N) is 2. The molecule has 1 N–H and O–H groups in total. The lowest BCUT2D eigenvalue weighted by Crippen LogP contribution is -2.49. The molecule has 5 nitrogen and oxygen atoms in total. The zero-order chi connectivity index (χ0) is 16.9. The van der Waals surface area contributed by atoms with Crippen LogP contribution in [0.3, 0.4) is 0 Å². The van der Waals surface area contributed by atoms with Crippen molar-refractivity contribution in [3.8, 4) is 0 Å². The van der Waals surface area contributed by atoms with Gasteiger partial charge in [0.1, 0.15) is 0 Å². The number of carbonyl (C=O) groups excluding carboxylic acids is 1. The number of hydrogen-bond acceptors (Lipinski definition) is 4. The highest BCUT2D eigenvalue weighted by Gasteiger charge is 2.27. The molecular formula is C19H35N3O2. The molecule has 2 saturated heterocycles. The third-order valence-corrected chi connectivity index (χ3v) is 5.81. The van der Waals surface area contributed by atoms with Crippen molar-refractivity contribution in [2.75, 3.05) is 39.3 Å². The van der Waals surface area contributed by atoms with E-state index in [-0.39, 0.29) is 5.91 Å². The Labute approximate surface area is 147 Å². The summed E-state index contributed by atoms with van der Waals surface area (Å²) in [4.78, 5) is 17.1. The molecular weight excluding hydrogens is 302 g/mol. The molecule has 2 aliphatic heterocycles. The Balaban J connectivity index is 1.34. The van der Waals surface area contributed by atoms with Crippen molar-refractivity contribution in [1.82, 2.24) is 15.1 Å². The van der Waals surface area contributed by atoms with Crippen LogP contribution in [-0.2, 0) is 9.53 Å². The Bertz CT molecular complexity index is 393. The number of piperidine rings is 1. The summed E-state index contributed by atoms with van der Waals surface area (Å²) in [5, 5.41) is 3.21. The van der Waals surface area contributed by atoms with Crippen molar-refractivity contribution in [2.45, 2.75) is 70.6 Å². The van der Waals surface area contributed by atoms with Gasteiger partial charge < -0.3 is 10.1 Å². The minimum atomic E-state index is 0.233. The maximum atomic E-state index is 12.2. The summed E-state index contributed by atoms with van der Waals surface area (Å²) in [6, 6.07) is 0.445. The maximum absolute atomic E-state index is 12.2. The van der Waals surface area contributed by atoms with Crippen LogP contribution >= 0.6 is 0 Å². The Hall–Kier alpha value is -0.650. The van der Waals surface area contributed by atoms with Crippen molar-refractivity contribution in [2.24, 2.45) is 5.92 Å². The number of carbonyl (C=O) groups is 1. The fraction of sp³-hybridized carbons (Fsp3) is 0.947. The quantitative estimate of drug-likeness (QED) is 0.832. The van der Waals surface area contributed by atoms with E-state index in [1.165, 1.54) is 45.1 Å². The number of ether oxygens (including phenoxy) is 1. The number of morpholine rings is 1. The van der Waals surface area contributed by atoms with Crippen LogP contribution in [0.4, 0.5) is 0 Å². The molecule has 1 amide bonds. The highest BCUT2D eigenvalue weighted by molar-refractivity contribution is 5.78. The van der Waals surface area contributed by atoms with Crippen LogP contribution < -0.4 is 5.32 Å². The van der Waals surface area contributed by atoms with Crippen LogP contribution in [0.1, 0.15) is 52.4 Å². The monoisotopic (exact) mass is 337 g/mol. The van der Waals surface area contributed by atoms with E-state index in [1.807, 2.05) is 0 Å². The van der Waals surface area contributed by atoms with Crippen molar-refractivity contribution in [1.29, 1.82) is 0 Å². The first-order chi connectivity index (χ1) is 11.6. The van der Waals surface area contributed by atoms with Gasteiger partial charge >= 0.3 is 0 Å². The van der Waals surface area contributed by atoms with E-state index in [1.54, 1.807) is 0 Å². The Kier molecular flexibility index (Phi) is 6.53. The Morgan fingerprint density at radius 3 is 2.25 bits per heavy atom. The molecule has 1 aliphatic carbocycles. The topological polar surface area (TPSA) is 44.8 Å². The first-order valence-corrected chi connectivity index (χ1v) is 9.98. The number of rotatable bonds is 5. The fourth-order valence-corrected chi connectivity index (χ4v) is 4.67. The van der Waals surface area contributed by atoms with Gasteiger partial charge in [0.05, 0.1) is 18.8 Å². The third kappa shape index (κ3) is 5.43. The predicted molar refractivity (Wildman–Crippen MR) is 96.0 cm³/mol. The van der Waals surface area contributed by atoms with E-state index in [0.29, 0.717) is 24.8 Å². The number of likely N-dealkylation sites (tertiary alicyclic amines) is 1. The Morgan fingerprint density at radius 1 is 1.00 bits per heavy atom. The largest absolute Gasteiger partial charge is 0.373 e. The molecule has 0 radical (unpaired) electrons. The molecule has 138 valence electrons. The van der Waals surface area contributed by atoms with Crippen LogP contribution in [0.2, 0.25) is 0 Å². The zero-order valence-corrected chi connectivity index (χ0v) is 15.5. The molecule has 1 saturated carbocycles. The van der Waals surface area contributed by atoms with Gasteiger partial charge in [-0.1, -0.05) is 12.8 Å². The second-order valence-electron chi connectivity index (χ2n) is 8.24. The number of amides is 1. The van der Waals surface area contributed by atoms with Gasteiger partial charge in [0.2, 0.25) is 5.91 Å². The summed E-state index contributed by atoms with van der Waals surface area (Å²) in [5.74, 6) is 1.01. The van der Waals surface area contributed by atoms with Gasteiger partial charge in [-0.2, -0.15) is 0 Å². The number of nitrogens with one attached hydrogen (secondary N) is 1. The minimum Gasteiger partial charge on any atom is -0.373 e. The van der Waals surface area contributed by atoms with Gasteiger partial charge in [-0.25, -0.2) is 0 Å². The van der Waals surface area contributed by atoms with Crippen molar-refractivity contribution in [3.05, 3.63) is 0 Å². The van der Waals surface area contributed by atoms with Crippen LogP contribution in [0.5, 0.6) is 0 Å². The second-order valence-corrected chi connectivity index (χ2v) is 8.24. The smallest absolute Gasteiger partial charge is 0.234 e. The molecule has 3 aliphatic rings. The summed E-state index contributed by atoms with van der Waals surface area (Å²) >= 11 is 0. The van der Waals surface area contributed by atoms with Crippen molar-refractivity contribution in [3.63, 3.8) is 0 Å². The fourth-order valence-electron chi connectivity index (χ4n) is 4.67. The van der Waals surface area contributed by atoms with Gasteiger partial charge in [-0.3, -0.25) is 14.6 Å². The summed E-state index contributed by atoms with van der Waals surface area (Å²) in [7, 11) is 0. The highest BCUT2D eigenvalue weighted by Crippen LogP contribution is 2.21. The van der Waals surface area contributed by atoms with E-state index in [0.717, 1.165) is 32.1 Å². The van der Waals surface area contributed by atoms with E-state index in [2.05, 4.69) is 29.0 Å². The predicted octanol–water partition coefficient (Wildman–Crippen LogP) is 1.87.